The van der Waals surface area contributed by atoms with Crippen LogP contribution in [0.25, 0.3) is 0 Å². The van der Waals surface area contributed by atoms with E-state index in [0.717, 1.165) is 17.7 Å². The van der Waals surface area contributed by atoms with E-state index in [1.807, 2.05) is 38.2 Å². The number of rotatable bonds is 2. The molecule has 17 heavy (non-hydrogen) atoms. The summed E-state index contributed by atoms with van der Waals surface area (Å²) in [5, 5.41) is 0. The molecule has 3 nitrogen and oxygen atoms in total. The third kappa shape index (κ3) is 2.31. The van der Waals surface area contributed by atoms with E-state index in [-0.39, 0.29) is 11.4 Å². The van der Waals surface area contributed by atoms with Gasteiger partial charge < -0.3 is 4.90 Å². The molecule has 0 radical (unpaired) electrons. The van der Waals surface area contributed by atoms with Crippen LogP contribution in [0, 0.1) is 0 Å². The molecule has 1 aromatic carbocycles. The van der Waals surface area contributed by atoms with Crippen LogP contribution in [0.3, 0.4) is 0 Å². The summed E-state index contributed by atoms with van der Waals surface area (Å²) >= 11 is 6.29. The van der Waals surface area contributed by atoms with Crippen molar-refractivity contribution in [3.05, 3.63) is 29.3 Å². The Hall–Kier alpha value is -1.06. The molecule has 1 atom stereocenters. The predicted octanol–water partition coefficient (Wildman–Crippen LogP) is 2.39. The maximum Gasteiger partial charge on any atom is 0.227 e. The van der Waals surface area contributed by atoms with Crippen molar-refractivity contribution in [3.63, 3.8) is 0 Å². The Kier molecular flexibility index (Phi) is 3.40. The molecule has 1 unspecified atom stereocenters. The van der Waals surface area contributed by atoms with E-state index in [2.05, 4.69) is 6.07 Å². The van der Waals surface area contributed by atoms with E-state index < -0.39 is 0 Å². The van der Waals surface area contributed by atoms with Gasteiger partial charge in [0.25, 0.3) is 0 Å². The maximum atomic E-state index is 11.6. The van der Waals surface area contributed by atoms with E-state index >= 15 is 0 Å². The van der Waals surface area contributed by atoms with Crippen molar-refractivity contribution < 1.29 is 4.79 Å². The SMILES string of the molecule is CN1C(=O)CCc2cc(C(Cl)N(C)C)ccc21. The number of nitrogens with zero attached hydrogens (tertiary/aromatic N) is 2. The Morgan fingerprint density at radius 1 is 1.35 bits per heavy atom. The number of carbonyl (C=O) groups is 1. The van der Waals surface area contributed by atoms with Crippen molar-refractivity contribution in [3.8, 4) is 0 Å². The van der Waals surface area contributed by atoms with Crippen LogP contribution in [0.15, 0.2) is 18.2 Å². The smallest absolute Gasteiger partial charge is 0.227 e. The first-order chi connectivity index (χ1) is 8.00. The summed E-state index contributed by atoms with van der Waals surface area (Å²) in [6.07, 6.45) is 1.39. The van der Waals surface area contributed by atoms with Gasteiger partial charge in [0, 0.05) is 19.2 Å². The number of hydrogen-bond donors (Lipinski definition) is 0. The Morgan fingerprint density at radius 2 is 2.06 bits per heavy atom. The van der Waals surface area contributed by atoms with Gasteiger partial charge in [-0.05, 0) is 37.7 Å². The zero-order valence-electron chi connectivity index (χ0n) is 10.4. The molecular weight excluding hydrogens is 236 g/mol. The molecular formula is C13H17ClN2O. The van der Waals surface area contributed by atoms with Crippen molar-refractivity contribution in [2.24, 2.45) is 0 Å². The maximum absolute atomic E-state index is 11.6. The number of fused-ring (bicyclic) bond motifs is 1. The molecule has 0 saturated heterocycles. The van der Waals surface area contributed by atoms with Crippen LogP contribution < -0.4 is 4.90 Å². The first-order valence-corrected chi connectivity index (χ1v) is 6.14. The molecule has 0 spiro atoms. The summed E-state index contributed by atoms with van der Waals surface area (Å²) in [6, 6.07) is 6.09. The van der Waals surface area contributed by atoms with Crippen molar-refractivity contribution in [1.82, 2.24) is 4.90 Å². The standard InChI is InChI=1S/C13H17ClN2O/c1-15(2)13(14)10-4-6-11-9(8-10)5-7-12(17)16(11)3/h4,6,8,13H,5,7H2,1-3H3. The van der Waals surface area contributed by atoms with Crippen molar-refractivity contribution in [2.45, 2.75) is 18.3 Å². The van der Waals surface area contributed by atoms with Gasteiger partial charge in [-0.2, -0.15) is 0 Å². The molecule has 1 aliphatic heterocycles. The minimum Gasteiger partial charge on any atom is -0.315 e. The van der Waals surface area contributed by atoms with Crippen LogP contribution in [0.4, 0.5) is 5.69 Å². The Morgan fingerprint density at radius 3 is 2.71 bits per heavy atom. The van der Waals surface area contributed by atoms with Gasteiger partial charge in [0.15, 0.2) is 0 Å². The molecule has 1 aliphatic rings. The van der Waals surface area contributed by atoms with Crippen LogP contribution in [-0.2, 0) is 11.2 Å². The fourth-order valence-electron chi connectivity index (χ4n) is 2.12. The van der Waals surface area contributed by atoms with Gasteiger partial charge in [-0.3, -0.25) is 9.69 Å². The third-order valence-corrected chi connectivity index (χ3v) is 3.82. The van der Waals surface area contributed by atoms with E-state index in [0.29, 0.717) is 6.42 Å². The molecule has 0 bridgehead atoms. The van der Waals surface area contributed by atoms with Crippen LogP contribution in [-0.4, -0.2) is 32.0 Å². The lowest BCUT2D eigenvalue weighted by Crippen LogP contribution is -2.31. The average molecular weight is 253 g/mol. The highest BCUT2D eigenvalue weighted by molar-refractivity contribution is 6.20. The molecule has 0 aliphatic carbocycles. The van der Waals surface area contributed by atoms with Crippen molar-refractivity contribution in [1.29, 1.82) is 0 Å². The second-order valence-electron chi connectivity index (χ2n) is 4.64. The van der Waals surface area contributed by atoms with E-state index in [1.165, 1.54) is 5.56 Å². The minimum absolute atomic E-state index is 0.122. The monoisotopic (exact) mass is 252 g/mol. The summed E-state index contributed by atoms with van der Waals surface area (Å²) in [5.74, 6) is 0.181. The Balaban J connectivity index is 2.35. The zero-order valence-corrected chi connectivity index (χ0v) is 11.2. The first-order valence-electron chi connectivity index (χ1n) is 5.70. The highest BCUT2D eigenvalue weighted by Gasteiger charge is 2.22. The third-order valence-electron chi connectivity index (χ3n) is 3.18. The van der Waals surface area contributed by atoms with Crippen LogP contribution in [0.5, 0.6) is 0 Å². The van der Waals surface area contributed by atoms with Crippen molar-refractivity contribution in [2.75, 3.05) is 26.0 Å². The van der Waals surface area contributed by atoms with Gasteiger partial charge in [0.2, 0.25) is 5.91 Å². The molecule has 1 aromatic rings. The molecule has 0 saturated carbocycles. The molecule has 1 heterocycles. The molecule has 92 valence electrons. The fraction of sp³-hybridized carbons (Fsp3) is 0.462. The number of amides is 1. The van der Waals surface area contributed by atoms with E-state index in [4.69, 9.17) is 11.6 Å². The Labute approximate surface area is 107 Å². The number of hydrogen-bond acceptors (Lipinski definition) is 2. The summed E-state index contributed by atoms with van der Waals surface area (Å²) in [4.78, 5) is 15.3. The summed E-state index contributed by atoms with van der Waals surface area (Å²) < 4.78 is 0. The predicted molar refractivity (Wildman–Crippen MR) is 70.5 cm³/mol. The second kappa shape index (κ2) is 4.67. The fourth-order valence-corrected chi connectivity index (χ4v) is 2.26. The molecule has 0 N–H and O–H groups in total. The van der Waals surface area contributed by atoms with Crippen LogP contribution in [0.2, 0.25) is 0 Å². The average Bonchev–Trinajstić information content (AvgIpc) is 2.32. The number of halogens is 1. The lowest BCUT2D eigenvalue weighted by Gasteiger charge is -2.27. The number of aryl methyl sites for hydroxylation is 1. The van der Waals surface area contributed by atoms with E-state index in [9.17, 15) is 4.79 Å². The van der Waals surface area contributed by atoms with Gasteiger partial charge in [-0.15, -0.1) is 11.6 Å². The first kappa shape index (κ1) is 12.4. The summed E-state index contributed by atoms with van der Waals surface area (Å²) in [6.45, 7) is 0. The lowest BCUT2D eigenvalue weighted by atomic mass is 9.99. The Bertz CT molecular complexity index is 445. The second-order valence-corrected chi connectivity index (χ2v) is 5.05. The minimum atomic E-state index is -0.122. The number of alkyl halides is 1. The van der Waals surface area contributed by atoms with E-state index in [1.54, 1.807) is 4.90 Å². The lowest BCUT2D eigenvalue weighted by molar-refractivity contribution is -0.118. The van der Waals surface area contributed by atoms with Gasteiger partial charge >= 0.3 is 0 Å². The molecule has 0 fully saturated rings. The molecule has 4 heteroatoms. The quantitative estimate of drug-likeness (QED) is 0.596. The number of anilines is 1. The summed E-state index contributed by atoms with van der Waals surface area (Å²) in [5.41, 5.74) is 3.17. The van der Waals surface area contributed by atoms with Gasteiger partial charge in [-0.1, -0.05) is 12.1 Å². The van der Waals surface area contributed by atoms with Crippen LogP contribution >= 0.6 is 11.6 Å². The normalized spacial score (nSPS) is 17.2. The number of benzene rings is 1. The van der Waals surface area contributed by atoms with Gasteiger partial charge in [0.05, 0.1) is 0 Å². The topological polar surface area (TPSA) is 23.6 Å². The van der Waals surface area contributed by atoms with Gasteiger partial charge in [0.1, 0.15) is 5.50 Å². The number of carbonyl (C=O) groups excluding carboxylic acids is 1. The molecule has 1 amide bonds. The largest absolute Gasteiger partial charge is 0.315 e. The van der Waals surface area contributed by atoms with Crippen LogP contribution in [0.1, 0.15) is 23.0 Å². The highest BCUT2D eigenvalue weighted by atomic mass is 35.5. The van der Waals surface area contributed by atoms with Crippen molar-refractivity contribution >= 4 is 23.2 Å². The highest BCUT2D eigenvalue weighted by Crippen LogP contribution is 2.31. The summed E-state index contributed by atoms with van der Waals surface area (Å²) in [7, 11) is 5.73. The van der Waals surface area contributed by atoms with Gasteiger partial charge in [-0.25, -0.2) is 0 Å². The molecule has 0 aromatic heterocycles. The zero-order chi connectivity index (χ0) is 12.6. The molecule has 2 rings (SSSR count).